The fraction of sp³-hybridized carbons (Fsp3) is 0.538. The smallest absolute Gasteiger partial charge is 0.0408 e. The van der Waals surface area contributed by atoms with Gasteiger partial charge in [0.1, 0.15) is 0 Å². The number of hydrogen-bond acceptors (Lipinski definition) is 1. The second-order valence-corrected chi connectivity index (χ2v) is 5.28. The molecule has 1 nitrogen and oxygen atoms in total. The molecule has 1 aliphatic rings. The molecule has 0 amide bonds. The van der Waals surface area contributed by atoms with E-state index in [1.54, 1.807) is 0 Å². The zero-order valence-electron chi connectivity index (χ0n) is 9.44. The first-order valence-electron chi connectivity index (χ1n) is 5.59. The van der Waals surface area contributed by atoms with Gasteiger partial charge in [-0.25, -0.2) is 0 Å². The minimum atomic E-state index is 0.290. The molecule has 82 valence electrons. The highest BCUT2D eigenvalue weighted by atomic mass is 35.5. The highest BCUT2D eigenvalue weighted by Crippen LogP contribution is 2.26. The Labute approximate surface area is 96.8 Å². The maximum absolute atomic E-state index is 5.95. The third kappa shape index (κ3) is 2.53. The van der Waals surface area contributed by atoms with E-state index in [0.29, 0.717) is 5.54 Å². The van der Waals surface area contributed by atoms with Crippen molar-refractivity contribution in [3.8, 4) is 0 Å². The molecule has 1 heterocycles. The molecule has 0 saturated carbocycles. The average Bonchev–Trinajstić information content (AvgIpc) is 2.58. The van der Waals surface area contributed by atoms with Crippen LogP contribution in [0.2, 0.25) is 5.02 Å². The Bertz CT molecular complexity index is 354. The highest BCUT2D eigenvalue weighted by molar-refractivity contribution is 6.30. The van der Waals surface area contributed by atoms with Gasteiger partial charge in [-0.3, -0.25) is 0 Å². The summed E-state index contributed by atoms with van der Waals surface area (Å²) in [5.74, 6) is 0. The van der Waals surface area contributed by atoms with Crippen molar-refractivity contribution in [1.29, 1.82) is 0 Å². The first-order chi connectivity index (χ1) is 7.09. The quantitative estimate of drug-likeness (QED) is 0.811. The van der Waals surface area contributed by atoms with E-state index in [4.69, 9.17) is 11.6 Å². The molecule has 1 N–H and O–H groups in total. The predicted molar refractivity (Wildman–Crippen MR) is 65.5 cm³/mol. The van der Waals surface area contributed by atoms with Crippen LogP contribution in [0.1, 0.15) is 30.9 Å². The second-order valence-electron chi connectivity index (χ2n) is 4.84. The maximum Gasteiger partial charge on any atom is 0.0408 e. The van der Waals surface area contributed by atoms with Crippen molar-refractivity contribution in [2.75, 3.05) is 6.54 Å². The number of nitrogens with one attached hydrogen (secondary N) is 1. The van der Waals surface area contributed by atoms with Crippen molar-refractivity contribution in [3.63, 3.8) is 0 Å². The lowest BCUT2D eigenvalue weighted by atomic mass is 9.89. The van der Waals surface area contributed by atoms with Gasteiger partial charge in [0.15, 0.2) is 0 Å². The Morgan fingerprint density at radius 1 is 1.47 bits per heavy atom. The zero-order chi connectivity index (χ0) is 10.9. The molecule has 1 unspecified atom stereocenters. The summed E-state index contributed by atoms with van der Waals surface area (Å²) in [5, 5.41) is 4.42. The first-order valence-corrected chi connectivity index (χ1v) is 5.97. The second kappa shape index (κ2) is 4.15. The van der Waals surface area contributed by atoms with Gasteiger partial charge in [-0.2, -0.15) is 0 Å². The van der Waals surface area contributed by atoms with E-state index in [-0.39, 0.29) is 0 Å². The fourth-order valence-corrected chi connectivity index (χ4v) is 2.61. The molecule has 1 atom stereocenters. The molecule has 0 aromatic heterocycles. The fourth-order valence-electron chi connectivity index (χ4n) is 2.39. The van der Waals surface area contributed by atoms with E-state index in [0.717, 1.165) is 18.0 Å². The molecule has 1 aromatic rings. The van der Waals surface area contributed by atoms with Gasteiger partial charge >= 0.3 is 0 Å². The molecule has 1 aromatic carbocycles. The van der Waals surface area contributed by atoms with E-state index >= 15 is 0 Å². The molecular weight excluding hydrogens is 206 g/mol. The van der Waals surface area contributed by atoms with E-state index in [2.05, 4.69) is 31.3 Å². The molecule has 1 fully saturated rings. The van der Waals surface area contributed by atoms with Gasteiger partial charge in [-0.05, 0) is 62.9 Å². The van der Waals surface area contributed by atoms with E-state index in [1.165, 1.54) is 24.0 Å². The number of hydrogen-bond donors (Lipinski definition) is 1. The molecule has 2 heteroatoms. The Morgan fingerprint density at radius 3 is 2.87 bits per heavy atom. The van der Waals surface area contributed by atoms with Gasteiger partial charge in [0, 0.05) is 10.6 Å². The minimum Gasteiger partial charge on any atom is -0.311 e. The van der Waals surface area contributed by atoms with Crippen LogP contribution in [0, 0.1) is 6.92 Å². The largest absolute Gasteiger partial charge is 0.311 e. The molecule has 0 spiro atoms. The number of benzene rings is 1. The molecule has 0 bridgehead atoms. The van der Waals surface area contributed by atoms with Crippen LogP contribution in [-0.2, 0) is 6.42 Å². The standard InChI is InChI=1S/C13H18ClN/c1-10-8-12(14)5-4-11(10)9-13(2)6-3-7-15-13/h4-5,8,15H,3,6-7,9H2,1-2H3. The number of aryl methyl sites for hydroxylation is 1. The van der Waals surface area contributed by atoms with Crippen LogP contribution in [0.4, 0.5) is 0 Å². The van der Waals surface area contributed by atoms with Crippen LogP contribution in [0.25, 0.3) is 0 Å². The van der Waals surface area contributed by atoms with Crippen LogP contribution >= 0.6 is 11.6 Å². The van der Waals surface area contributed by atoms with Crippen LogP contribution in [0.5, 0.6) is 0 Å². The van der Waals surface area contributed by atoms with Crippen LogP contribution < -0.4 is 5.32 Å². The zero-order valence-corrected chi connectivity index (χ0v) is 10.2. The summed E-state index contributed by atoms with van der Waals surface area (Å²) in [5.41, 5.74) is 3.01. The van der Waals surface area contributed by atoms with Crippen LogP contribution in [0.3, 0.4) is 0 Å². The Balaban J connectivity index is 2.16. The molecule has 0 radical (unpaired) electrons. The maximum atomic E-state index is 5.95. The summed E-state index contributed by atoms with van der Waals surface area (Å²) in [6, 6.07) is 6.19. The van der Waals surface area contributed by atoms with Gasteiger partial charge < -0.3 is 5.32 Å². The summed E-state index contributed by atoms with van der Waals surface area (Å²) in [6.07, 6.45) is 3.67. The third-order valence-electron chi connectivity index (χ3n) is 3.34. The van der Waals surface area contributed by atoms with Gasteiger partial charge in [-0.1, -0.05) is 17.7 Å². The van der Waals surface area contributed by atoms with Crippen molar-refractivity contribution in [1.82, 2.24) is 5.32 Å². The van der Waals surface area contributed by atoms with Gasteiger partial charge in [0.2, 0.25) is 0 Å². The van der Waals surface area contributed by atoms with Crippen molar-refractivity contribution >= 4 is 11.6 Å². The SMILES string of the molecule is Cc1cc(Cl)ccc1CC1(C)CCCN1. The number of halogens is 1. The van der Waals surface area contributed by atoms with Crippen molar-refractivity contribution in [3.05, 3.63) is 34.3 Å². The summed E-state index contributed by atoms with van der Waals surface area (Å²) >= 11 is 5.95. The van der Waals surface area contributed by atoms with E-state index in [1.807, 2.05) is 6.07 Å². The first kappa shape index (κ1) is 11.0. The molecular formula is C13H18ClN. The van der Waals surface area contributed by atoms with E-state index < -0.39 is 0 Å². The van der Waals surface area contributed by atoms with Crippen molar-refractivity contribution in [2.24, 2.45) is 0 Å². The molecule has 1 aliphatic heterocycles. The van der Waals surface area contributed by atoms with Crippen molar-refractivity contribution < 1.29 is 0 Å². The molecule has 15 heavy (non-hydrogen) atoms. The third-order valence-corrected chi connectivity index (χ3v) is 3.58. The molecule has 1 saturated heterocycles. The molecule has 2 rings (SSSR count). The summed E-state index contributed by atoms with van der Waals surface area (Å²) in [7, 11) is 0. The van der Waals surface area contributed by atoms with Gasteiger partial charge in [0.25, 0.3) is 0 Å². The monoisotopic (exact) mass is 223 g/mol. The summed E-state index contributed by atoms with van der Waals surface area (Å²) in [4.78, 5) is 0. The summed E-state index contributed by atoms with van der Waals surface area (Å²) in [6.45, 7) is 5.61. The lowest BCUT2D eigenvalue weighted by molar-refractivity contribution is 0.412. The lowest BCUT2D eigenvalue weighted by Crippen LogP contribution is -2.38. The van der Waals surface area contributed by atoms with Crippen molar-refractivity contribution in [2.45, 2.75) is 38.6 Å². The van der Waals surface area contributed by atoms with Crippen LogP contribution in [-0.4, -0.2) is 12.1 Å². The highest BCUT2D eigenvalue weighted by Gasteiger charge is 2.28. The average molecular weight is 224 g/mol. The minimum absolute atomic E-state index is 0.290. The number of rotatable bonds is 2. The molecule has 0 aliphatic carbocycles. The Morgan fingerprint density at radius 2 is 2.27 bits per heavy atom. The topological polar surface area (TPSA) is 12.0 Å². The lowest BCUT2D eigenvalue weighted by Gasteiger charge is -2.25. The van der Waals surface area contributed by atoms with Gasteiger partial charge in [-0.15, -0.1) is 0 Å². The summed E-state index contributed by atoms with van der Waals surface area (Å²) < 4.78 is 0. The van der Waals surface area contributed by atoms with Crippen LogP contribution in [0.15, 0.2) is 18.2 Å². The normalized spacial score (nSPS) is 25.8. The Kier molecular flexibility index (Phi) is 3.03. The Hall–Kier alpha value is -0.530. The predicted octanol–water partition coefficient (Wildman–Crippen LogP) is 3.33. The van der Waals surface area contributed by atoms with Gasteiger partial charge in [0.05, 0.1) is 0 Å². The van der Waals surface area contributed by atoms with E-state index in [9.17, 15) is 0 Å².